The Morgan fingerprint density at radius 3 is 2.44 bits per heavy atom. The van der Waals surface area contributed by atoms with Crippen molar-refractivity contribution in [3.05, 3.63) is 33.1 Å². The van der Waals surface area contributed by atoms with Crippen LogP contribution in [0.1, 0.15) is 13.2 Å². The van der Waals surface area contributed by atoms with Crippen LogP contribution < -0.4 is 11.2 Å². The molecule has 0 saturated carbocycles. The van der Waals surface area contributed by atoms with Gasteiger partial charge in [0.15, 0.2) is 6.23 Å². The second-order valence-corrected chi connectivity index (χ2v) is 14.0. The second-order valence-electron chi connectivity index (χ2n) is 6.93. The normalized spacial score (nSPS) is 27.6. The number of hydrogen-bond donors (Lipinski definition) is 2. The van der Waals surface area contributed by atoms with E-state index in [-0.39, 0.29) is 0 Å². The van der Waals surface area contributed by atoms with Gasteiger partial charge in [0.25, 0.3) is 5.56 Å². The lowest BCUT2D eigenvalue weighted by Gasteiger charge is -2.35. The van der Waals surface area contributed by atoms with Crippen LogP contribution in [0.2, 0.25) is 26.2 Å². The van der Waals surface area contributed by atoms with E-state index in [1.807, 2.05) is 26.2 Å². The summed E-state index contributed by atoms with van der Waals surface area (Å²) in [6.07, 6.45) is -1.85. The molecule has 1 fully saturated rings. The van der Waals surface area contributed by atoms with E-state index in [9.17, 15) is 14.7 Å². The number of H-pyrrole nitrogens is 1. The molecule has 9 nitrogen and oxygen atoms in total. The summed E-state index contributed by atoms with van der Waals surface area (Å²) in [4.78, 5) is 25.3. The standard InChI is InChI=1S/C14H26N2O7Si2/c1-9-12(22-25(5,6)23-24(3,4)20-2)11(18)13(21-9)16-8-7-10(17)15-14(16)19/h7-9,11-13,18H,1-6H3,(H,15,17,19)/t9-,11-,12-,13?/m1/s1. The van der Waals surface area contributed by atoms with Crippen molar-refractivity contribution in [3.63, 3.8) is 0 Å². The number of ether oxygens (including phenoxy) is 1. The maximum absolute atomic E-state index is 11.9. The molecule has 0 aromatic carbocycles. The Kier molecular flexibility index (Phi) is 5.88. The minimum atomic E-state index is -2.61. The van der Waals surface area contributed by atoms with Gasteiger partial charge >= 0.3 is 22.8 Å². The summed E-state index contributed by atoms with van der Waals surface area (Å²) in [5.41, 5.74) is -1.16. The number of nitrogens with zero attached hydrogens (tertiary/aromatic N) is 1. The van der Waals surface area contributed by atoms with Crippen molar-refractivity contribution in [2.24, 2.45) is 0 Å². The van der Waals surface area contributed by atoms with Crippen LogP contribution in [0.3, 0.4) is 0 Å². The summed E-state index contributed by atoms with van der Waals surface area (Å²) < 4.78 is 24.4. The Balaban J connectivity index is 2.18. The summed E-state index contributed by atoms with van der Waals surface area (Å²) in [6, 6.07) is 1.20. The fraction of sp³-hybridized carbons (Fsp3) is 0.714. The number of hydrogen-bond acceptors (Lipinski definition) is 7. The van der Waals surface area contributed by atoms with Crippen molar-refractivity contribution in [3.8, 4) is 0 Å². The highest BCUT2D eigenvalue weighted by Gasteiger charge is 2.48. The molecule has 2 rings (SSSR count). The van der Waals surface area contributed by atoms with Crippen molar-refractivity contribution in [2.45, 2.75) is 57.7 Å². The van der Waals surface area contributed by atoms with Crippen molar-refractivity contribution < 1.29 is 22.8 Å². The molecule has 1 aliphatic heterocycles. The molecule has 1 aromatic heterocycles. The van der Waals surface area contributed by atoms with Crippen LogP contribution in [-0.2, 0) is 17.7 Å². The van der Waals surface area contributed by atoms with Gasteiger partial charge in [-0.2, -0.15) is 0 Å². The summed E-state index contributed by atoms with van der Waals surface area (Å²) in [5.74, 6) is 0. The number of aromatic nitrogens is 2. The van der Waals surface area contributed by atoms with Gasteiger partial charge in [-0.15, -0.1) is 0 Å². The molecule has 0 radical (unpaired) electrons. The molecule has 0 amide bonds. The molecular formula is C14H26N2O7Si2. The van der Waals surface area contributed by atoms with E-state index in [2.05, 4.69) is 4.98 Å². The molecule has 1 unspecified atom stereocenters. The Hall–Kier alpha value is -1.09. The molecule has 1 aromatic rings. The van der Waals surface area contributed by atoms with E-state index in [4.69, 9.17) is 17.7 Å². The predicted molar refractivity (Wildman–Crippen MR) is 94.8 cm³/mol. The summed E-state index contributed by atoms with van der Waals surface area (Å²) in [6.45, 7) is 9.34. The van der Waals surface area contributed by atoms with Crippen LogP contribution in [0.15, 0.2) is 21.9 Å². The third kappa shape index (κ3) is 4.75. The molecule has 2 heterocycles. The zero-order chi connectivity index (χ0) is 19.0. The first-order valence-corrected chi connectivity index (χ1v) is 13.7. The molecular weight excluding hydrogens is 364 g/mol. The number of aliphatic hydroxyl groups excluding tert-OH is 1. The van der Waals surface area contributed by atoms with Gasteiger partial charge in [0.2, 0.25) is 0 Å². The van der Waals surface area contributed by atoms with E-state index in [0.29, 0.717) is 0 Å². The van der Waals surface area contributed by atoms with Gasteiger partial charge in [-0.25, -0.2) is 4.79 Å². The minimum absolute atomic E-state index is 0.457. The van der Waals surface area contributed by atoms with Gasteiger partial charge < -0.3 is 22.8 Å². The average molecular weight is 391 g/mol. The number of nitrogens with one attached hydrogen (secondary N) is 1. The number of aromatic amines is 1. The molecule has 142 valence electrons. The molecule has 1 saturated heterocycles. The van der Waals surface area contributed by atoms with Gasteiger partial charge in [-0.3, -0.25) is 14.3 Å². The first-order valence-electron chi connectivity index (χ1n) is 8.04. The van der Waals surface area contributed by atoms with Crippen LogP contribution in [-0.4, -0.2) is 57.2 Å². The Labute approximate surface area is 148 Å². The third-order valence-corrected chi connectivity index (χ3v) is 9.73. The fourth-order valence-corrected chi connectivity index (χ4v) is 9.07. The minimum Gasteiger partial charge on any atom is -0.415 e. The first-order chi connectivity index (χ1) is 11.5. The van der Waals surface area contributed by atoms with Crippen molar-refractivity contribution >= 4 is 17.1 Å². The lowest BCUT2D eigenvalue weighted by molar-refractivity contribution is -0.0351. The van der Waals surface area contributed by atoms with Crippen molar-refractivity contribution in [2.75, 3.05) is 7.11 Å². The molecule has 11 heteroatoms. The molecule has 4 atom stereocenters. The van der Waals surface area contributed by atoms with E-state index in [1.54, 1.807) is 14.0 Å². The maximum Gasteiger partial charge on any atom is 0.330 e. The Morgan fingerprint density at radius 2 is 1.88 bits per heavy atom. The Bertz CT molecular complexity index is 718. The van der Waals surface area contributed by atoms with E-state index in [0.717, 1.165) is 4.57 Å². The maximum atomic E-state index is 11.9. The van der Waals surface area contributed by atoms with Crippen LogP contribution in [0.4, 0.5) is 0 Å². The van der Waals surface area contributed by atoms with E-state index < -0.39 is 52.9 Å². The molecule has 1 aliphatic rings. The smallest absolute Gasteiger partial charge is 0.330 e. The highest BCUT2D eigenvalue weighted by atomic mass is 28.5. The SMILES string of the molecule is CO[Si](C)(C)O[Si](C)(C)O[C@@H]1[C@@H](C)OC(n2ccc(=O)[nH]c2=O)[C@@H]1O. The topological polar surface area (TPSA) is 112 Å². The number of aliphatic hydroxyl groups is 1. The monoisotopic (exact) mass is 390 g/mol. The van der Waals surface area contributed by atoms with Crippen LogP contribution in [0.25, 0.3) is 0 Å². The molecule has 2 N–H and O–H groups in total. The third-order valence-electron chi connectivity index (χ3n) is 3.97. The van der Waals surface area contributed by atoms with E-state index in [1.165, 1.54) is 12.3 Å². The average Bonchev–Trinajstić information content (AvgIpc) is 2.74. The lowest BCUT2D eigenvalue weighted by Crippen LogP contribution is -2.52. The molecule has 0 spiro atoms. The summed E-state index contributed by atoms with van der Waals surface area (Å²) >= 11 is 0. The first kappa shape index (κ1) is 20.2. The van der Waals surface area contributed by atoms with Crippen molar-refractivity contribution in [1.29, 1.82) is 0 Å². The van der Waals surface area contributed by atoms with E-state index >= 15 is 0 Å². The zero-order valence-corrected chi connectivity index (χ0v) is 17.3. The van der Waals surface area contributed by atoms with Crippen LogP contribution in [0.5, 0.6) is 0 Å². The Morgan fingerprint density at radius 1 is 1.24 bits per heavy atom. The summed E-state index contributed by atoms with van der Waals surface area (Å²) in [7, 11) is -3.31. The summed E-state index contributed by atoms with van der Waals surface area (Å²) in [5, 5.41) is 10.6. The van der Waals surface area contributed by atoms with Gasteiger partial charge in [0.05, 0.1) is 6.10 Å². The predicted octanol–water partition coefficient (Wildman–Crippen LogP) is 0.267. The van der Waals surface area contributed by atoms with Crippen molar-refractivity contribution in [1.82, 2.24) is 9.55 Å². The fourth-order valence-electron chi connectivity index (χ4n) is 2.83. The highest BCUT2D eigenvalue weighted by Crippen LogP contribution is 2.32. The molecule has 0 aliphatic carbocycles. The zero-order valence-electron chi connectivity index (χ0n) is 15.3. The van der Waals surface area contributed by atoms with Gasteiger partial charge in [-0.1, -0.05) is 0 Å². The van der Waals surface area contributed by atoms with Gasteiger partial charge in [-0.05, 0) is 33.1 Å². The molecule has 0 bridgehead atoms. The lowest BCUT2D eigenvalue weighted by atomic mass is 10.1. The second kappa shape index (κ2) is 7.27. The molecule has 25 heavy (non-hydrogen) atoms. The van der Waals surface area contributed by atoms with Gasteiger partial charge in [0, 0.05) is 19.4 Å². The largest absolute Gasteiger partial charge is 0.415 e. The van der Waals surface area contributed by atoms with Crippen LogP contribution >= 0.6 is 0 Å². The van der Waals surface area contributed by atoms with Crippen LogP contribution in [0, 0.1) is 0 Å². The quantitative estimate of drug-likeness (QED) is 0.670. The number of rotatable bonds is 6. The highest BCUT2D eigenvalue weighted by molar-refractivity contribution is 6.78. The van der Waals surface area contributed by atoms with Gasteiger partial charge in [0.1, 0.15) is 12.2 Å².